The Balaban J connectivity index is 1.51. The third-order valence-corrected chi connectivity index (χ3v) is 7.74. The van der Waals surface area contributed by atoms with Gasteiger partial charge in [-0.15, -0.1) is 0 Å². The van der Waals surface area contributed by atoms with Crippen LogP contribution in [0.4, 0.5) is 0 Å². The number of piperazine rings is 1. The van der Waals surface area contributed by atoms with Crippen molar-refractivity contribution in [3.8, 4) is 5.75 Å². The SMILES string of the molecule is COc1ccccc1[C@@H]1c2[nH]c3ccccc3c2C[C@H]2C(=O)N(C3CCCCC3)CC(=O)N12. The van der Waals surface area contributed by atoms with E-state index in [1.165, 1.54) is 6.42 Å². The number of benzene rings is 2. The summed E-state index contributed by atoms with van der Waals surface area (Å²) in [5.74, 6) is 0.838. The summed E-state index contributed by atoms with van der Waals surface area (Å²) in [7, 11) is 1.65. The molecule has 2 atom stereocenters. The maximum Gasteiger partial charge on any atom is 0.246 e. The summed E-state index contributed by atoms with van der Waals surface area (Å²) in [4.78, 5) is 34.9. The Hall–Kier alpha value is -3.28. The first-order valence-corrected chi connectivity index (χ1v) is 12.0. The fourth-order valence-electron chi connectivity index (χ4n) is 6.21. The van der Waals surface area contributed by atoms with E-state index in [1.54, 1.807) is 7.11 Å². The van der Waals surface area contributed by atoms with Crippen LogP contribution in [0, 0.1) is 0 Å². The molecule has 3 heterocycles. The van der Waals surface area contributed by atoms with Gasteiger partial charge in [0.2, 0.25) is 11.8 Å². The molecule has 2 amide bonds. The normalized spacial score (nSPS) is 23.5. The lowest BCUT2D eigenvalue weighted by Gasteiger charge is -2.49. The fourth-order valence-corrected chi connectivity index (χ4v) is 6.21. The number of hydrogen-bond donors (Lipinski definition) is 1. The molecule has 0 radical (unpaired) electrons. The van der Waals surface area contributed by atoms with E-state index < -0.39 is 6.04 Å². The van der Waals surface area contributed by atoms with Crippen LogP contribution >= 0.6 is 0 Å². The Bertz CT molecular complexity index is 1230. The van der Waals surface area contributed by atoms with Gasteiger partial charge in [0, 0.05) is 34.6 Å². The molecule has 0 spiro atoms. The standard InChI is InChI=1S/C27H29N3O3/c1-33-23-14-8-6-12-19(23)26-25-20(18-11-5-7-13-21(18)28-25)15-22-27(32)29(16-24(31)30(22)26)17-9-3-2-4-10-17/h5-8,11-14,17,22,26,28H,2-4,9-10,15-16H2,1H3/t22-,26+/m0/s1. The summed E-state index contributed by atoms with van der Waals surface area (Å²) >= 11 is 0. The van der Waals surface area contributed by atoms with E-state index in [0.717, 1.165) is 59.2 Å². The van der Waals surface area contributed by atoms with E-state index in [4.69, 9.17) is 4.74 Å². The Morgan fingerprint density at radius 3 is 2.55 bits per heavy atom. The van der Waals surface area contributed by atoms with E-state index in [1.807, 2.05) is 46.2 Å². The second kappa shape index (κ2) is 7.94. The lowest BCUT2D eigenvalue weighted by atomic mass is 9.84. The topological polar surface area (TPSA) is 65.6 Å². The molecule has 1 aliphatic carbocycles. The Morgan fingerprint density at radius 1 is 0.970 bits per heavy atom. The highest BCUT2D eigenvalue weighted by Gasteiger charge is 2.50. The summed E-state index contributed by atoms with van der Waals surface area (Å²) in [6.45, 7) is 0.168. The number of methoxy groups -OCH3 is 1. The Kier molecular flexibility index (Phi) is 4.89. The predicted octanol–water partition coefficient (Wildman–Crippen LogP) is 4.19. The molecule has 0 unspecified atom stereocenters. The predicted molar refractivity (Wildman–Crippen MR) is 126 cm³/mol. The van der Waals surface area contributed by atoms with Gasteiger partial charge in [0.1, 0.15) is 24.4 Å². The molecule has 6 heteroatoms. The van der Waals surface area contributed by atoms with Crippen molar-refractivity contribution in [1.29, 1.82) is 0 Å². The van der Waals surface area contributed by atoms with Crippen molar-refractivity contribution in [2.75, 3.05) is 13.7 Å². The number of amides is 2. The van der Waals surface area contributed by atoms with Crippen molar-refractivity contribution in [2.24, 2.45) is 0 Å². The lowest BCUT2D eigenvalue weighted by Crippen LogP contribution is -2.65. The number of aromatic amines is 1. The number of rotatable bonds is 3. The minimum atomic E-state index is -0.491. The average molecular weight is 444 g/mol. The molecule has 2 aromatic carbocycles. The zero-order valence-electron chi connectivity index (χ0n) is 18.9. The second-order valence-electron chi connectivity index (χ2n) is 9.49. The summed E-state index contributed by atoms with van der Waals surface area (Å²) in [5, 5.41) is 1.13. The Morgan fingerprint density at radius 2 is 1.73 bits per heavy atom. The first kappa shape index (κ1) is 20.3. The Labute approximate surface area is 193 Å². The van der Waals surface area contributed by atoms with Crippen LogP contribution in [0.2, 0.25) is 0 Å². The maximum absolute atomic E-state index is 13.9. The molecule has 1 aromatic heterocycles. The van der Waals surface area contributed by atoms with Crippen molar-refractivity contribution in [3.63, 3.8) is 0 Å². The minimum absolute atomic E-state index is 0.0189. The van der Waals surface area contributed by atoms with Gasteiger partial charge in [-0.05, 0) is 30.5 Å². The number of H-pyrrole nitrogens is 1. The van der Waals surface area contributed by atoms with E-state index >= 15 is 0 Å². The third-order valence-electron chi connectivity index (χ3n) is 7.74. The number of para-hydroxylation sites is 2. The molecule has 2 fully saturated rings. The van der Waals surface area contributed by atoms with Gasteiger partial charge in [-0.2, -0.15) is 0 Å². The van der Waals surface area contributed by atoms with Crippen LogP contribution < -0.4 is 4.74 Å². The van der Waals surface area contributed by atoms with E-state index in [9.17, 15) is 9.59 Å². The summed E-state index contributed by atoms with van der Waals surface area (Å²) in [6.07, 6.45) is 6.02. The monoisotopic (exact) mass is 443 g/mol. The van der Waals surface area contributed by atoms with Gasteiger partial charge in [-0.3, -0.25) is 9.59 Å². The van der Waals surface area contributed by atoms with Crippen molar-refractivity contribution in [2.45, 2.75) is 56.7 Å². The highest BCUT2D eigenvalue weighted by Crippen LogP contribution is 2.45. The van der Waals surface area contributed by atoms with Crippen molar-refractivity contribution < 1.29 is 14.3 Å². The molecule has 0 bridgehead atoms. The lowest BCUT2D eigenvalue weighted by molar-refractivity contribution is -0.161. The van der Waals surface area contributed by atoms with Gasteiger partial charge in [0.15, 0.2) is 0 Å². The van der Waals surface area contributed by atoms with E-state index in [-0.39, 0.29) is 30.4 Å². The molecule has 3 aliphatic rings. The highest BCUT2D eigenvalue weighted by molar-refractivity contribution is 5.98. The van der Waals surface area contributed by atoms with Crippen LogP contribution in [-0.2, 0) is 16.0 Å². The number of carbonyl (C=O) groups is 2. The summed E-state index contributed by atoms with van der Waals surface area (Å²) in [6, 6.07) is 15.3. The maximum atomic E-state index is 13.9. The number of hydrogen-bond acceptors (Lipinski definition) is 3. The molecular weight excluding hydrogens is 414 g/mol. The van der Waals surface area contributed by atoms with Gasteiger partial charge in [0.05, 0.1) is 7.11 Å². The van der Waals surface area contributed by atoms with Crippen LogP contribution in [0.25, 0.3) is 10.9 Å². The number of ether oxygens (including phenoxy) is 1. The van der Waals surface area contributed by atoms with Crippen LogP contribution in [0.5, 0.6) is 5.75 Å². The third kappa shape index (κ3) is 3.15. The van der Waals surface area contributed by atoms with Crippen LogP contribution in [0.1, 0.15) is 55.0 Å². The van der Waals surface area contributed by atoms with Crippen LogP contribution in [0.3, 0.4) is 0 Å². The molecule has 1 N–H and O–H groups in total. The number of carbonyl (C=O) groups excluding carboxylic acids is 2. The molecule has 3 aromatic rings. The summed E-state index contributed by atoms with van der Waals surface area (Å²) < 4.78 is 5.70. The van der Waals surface area contributed by atoms with Crippen LogP contribution in [0.15, 0.2) is 48.5 Å². The van der Waals surface area contributed by atoms with Gasteiger partial charge in [-0.1, -0.05) is 55.7 Å². The number of fused-ring (bicyclic) bond motifs is 4. The number of aromatic nitrogens is 1. The zero-order valence-corrected chi connectivity index (χ0v) is 18.9. The number of nitrogens with one attached hydrogen (secondary N) is 1. The molecule has 33 heavy (non-hydrogen) atoms. The molecule has 6 nitrogen and oxygen atoms in total. The van der Waals surface area contributed by atoms with Crippen LogP contribution in [-0.4, -0.2) is 52.3 Å². The van der Waals surface area contributed by atoms with Gasteiger partial charge in [0.25, 0.3) is 0 Å². The van der Waals surface area contributed by atoms with E-state index in [0.29, 0.717) is 6.42 Å². The fraction of sp³-hybridized carbons (Fsp3) is 0.407. The minimum Gasteiger partial charge on any atom is -0.496 e. The largest absolute Gasteiger partial charge is 0.496 e. The molecule has 170 valence electrons. The van der Waals surface area contributed by atoms with Crippen molar-refractivity contribution in [3.05, 3.63) is 65.4 Å². The molecule has 1 saturated carbocycles. The van der Waals surface area contributed by atoms with E-state index in [2.05, 4.69) is 17.1 Å². The first-order chi connectivity index (χ1) is 16.2. The van der Waals surface area contributed by atoms with Gasteiger partial charge in [-0.25, -0.2) is 0 Å². The molecule has 1 saturated heterocycles. The smallest absolute Gasteiger partial charge is 0.246 e. The summed E-state index contributed by atoms with van der Waals surface area (Å²) in [5.41, 5.74) is 4.06. The van der Waals surface area contributed by atoms with Crippen molar-refractivity contribution >= 4 is 22.7 Å². The molecule has 6 rings (SSSR count). The first-order valence-electron chi connectivity index (χ1n) is 12.0. The zero-order chi connectivity index (χ0) is 22.5. The number of nitrogens with zero attached hydrogens (tertiary/aromatic N) is 2. The molecule has 2 aliphatic heterocycles. The van der Waals surface area contributed by atoms with Gasteiger partial charge < -0.3 is 19.5 Å². The molecular formula is C27H29N3O3. The quantitative estimate of drug-likeness (QED) is 0.660. The average Bonchev–Trinajstić information content (AvgIpc) is 3.24. The highest BCUT2D eigenvalue weighted by atomic mass is 16.5. The van der Waals surface area contributed by atoms with Crippen molar-refractivity contribution in [1.82, 2.24) is 14.8 Å². The van der Waals surface area contributed by atoms with Gasteiger partial charge >= 0.3 is 0 Å². The second-order valence-corrected chi connectivity index (χ2v) is 9.49.